The molecule has 0 unspecified atom stereocenters. The highest BCUT2D eigenvalue weighted by molar-refractivity contribution is 5.80. The van der Waals surface area contributed by atoms with Crippen LogP contribution in [0.2, 0.25) is 0 Å². The topological polar surface area (TPSA) is 99.7 Å². The summed E-state index contributed by atoms with van der Waals surface area (Å²) in [5, 5.41) is 0. The zero-order chi connectivity index (χ0) is 14.4. The molecule has 0 bridgehead atoms. The van der Waals surface area contributed by atoms with Crippen molar-refractivity contribution >= 4 is 16.8 Å². The first-order chi connectivity index (χ1) is 9.70. The molecular formula is C13H18N2O5. The Morgan fingerprint density at radius 3 is 2.90 bits per heavy atom. The molecule has 0 spiro atoms. The number of rotatable bonds is 8. The molecule has 0 aliphatic rings. The van der Waals surface area contributed by atoms with E-state index >= 15 is 0 Å². The highest BCUT2D eigenvalue weighted by atomic mass is 16.5. The van der Waals surface area contributed by atoms with Crippen molar-refractivity contribution < 1.29 is 18.6 Å². The van der Waals surface area contributed by atoms with Crippen LogP contribution in [0, 0.1) is 0 Å². The van der Waals surface area contributed by atoms with E-state index in [9.17, 15) is 4.79 Å². The maximum atomic E-state index is 11.1. The number of anilines is 1. The molecule has 0 aliphatic carbocycles. The van der Waals surface area contributed by atoms with Crippen molar-refractivity contribution in [2.45, 2.75) is 6.42 Å². The van der Waals surface area contributed by atoms with Gasteiger partial charge < -0.3 is 24.4 Å². The molecular weight excluding hydrogens is 264 g/mol. The Balaban J connectivity index is 1.83. The van der Waals surface area contributed by atoms with Crippen molar-refractivity contribution in [3.8, 4) is 5.75 Å². The van der Waals surface area contributed by atoms with Crippen LogP contribution in [-0.4, -0.2) is 38.5 Å². The lowest BCUT2D eigenvalue weighted by Crippen LogP contribution is -2.09. The van der Waals surface area contributed by atoms with Crippen molar-refractivity contribution in [3.63, 3.8) is 0 Å². The van der Waals surface area contributed by atoms with Crippen LogP contribution in [0.1, 0.15) is 6.42 Å². The molecule has 0 fully saturated rings. The lowest BCUT2D eigenvalue weighted by Gasteiger charge is -2.09. The fourth-order valence-electron chi connectivity index (χ4n) is 1.74. The third kappa shape index (κ3) is 3.75. The van der Waals surface area contributed by atoms with E-state index in [1.165, 1.54) is 0 Å². The zero-order valence-electron chi connectivity index (χ0n) is 11.3. The molecule has 7 nitrogen and oxygen atoms in total. The van der Waals surface area contributed by atoms with Crippen LogP contribution < -0.4 is 16.2 Å². The summed E-state index contributed by atoms with van der Waals surface area (Å²) in [4.78, 5) is 13.6. The second kappa shape index (κ2) is 6.97. The Morgan fingerprint density at radius 1 is 1.25 bits per heavy atom. The van der Waals surface area contributed by atoms with Gasteiger partial charge in [0, 0.05) is 32.5 Å². The number of benzene rings is 1. The molecule has 1 aromatic carbocycles. The van der Waals surface area contributed by atoms with Gasteiger partial charge in [0.2, 0.25) is 0 Å². The molecule has 1 heterocycles. The minimum Gasteiger partial charge on any atom is -0.489 e. The van der Waals surface area contributed by atoms with Gasteiger partial charge in [-0.25, -0.2) is 4.79 Å². The number of nitrogens with two attached hydrogens (primary N) is 1. The predicted molar refractivity (Wildman–Crippen MR) is 74.1 cm³/mol. The fourth-order valence-corrected chi connectivity index (χ4v) is 1.74. The van der Waals surface area contributed by atoms with Gasteiger partial charge in [-0.1, -0.05) is 0 Å². The van der Waals surface area contributed by atoms with E-state index in [0.29, 0.717) is 49.0 Å². The van der Waals surface area contributed by atoms with Gasteiger partial charge in [-0.3, -0.25) is 4.98 Å². The fraction of sp³-hybridized carbons (Fsp3) is 0.462. The van der Waals surface area contributed by atoms with Gasteiger partial charge >= 0.3 is 5.76 Å². The normalized spacial score (nSPS) is 11.1. The molecule has 7 heteroatoms. The summed E-state index contributed by atoms with van der Waals surface area (Å²) in [6, 6.07) is 3.20. The van der Waals surface area contributed by atoms with E-state index in [-0.39, 0.29) is 0 Å². The Kier molecular flexibility index (Phi) is 5.03. The number of nitrogen functional groups attached to an aromatic ring is 1. The lowest BCUT2D eigenvalue weighted by molar-refractivity contribution is 0.0808. The number of methoxy groups -OCH3 is 1. The smallest absolute Gasteiger partial charge is 0.417 e. The number of hydrogen-bond donors (Lipinski definition) is 2. The standard InChI is InChI=1S/C13H18N2O5/c1-17-3-2-4-18-5-6-19-11-8-10-12(7-9(11)14)20-13(16)15-10/h7-8H,2-6,14H2,1H3,(H,15,16). The molecule has 3 N–H and O–H groups in total. The van der Waals surface area contributed by atoms with Crippen molar-refractivity contribution in [1.82, 2.24) is 4.98 Å². The Labute approximate surface area is 115 Å². The first kappa shape index (κ1) is 14.4. The third-order valence-electron chi connectivity index (χ3n) is 2.67. The molecule has 0 aliphatic heterocycles. The molecule has 2 rings (SSSR count). The summed E-state index contributed by atoms with van der Waals surface area (Å²) in [6.07, 6.45) is 0.848. The van der Waals surface area contributed by atoms with Gasteiger partial charge in [-0.2, -0.15) is 0 Å². The van der Waals surface area contributed by atoms with Gasteiger partial charge in [-0.15, -0.1) is 0 Å². The van der Waals surface area contributed by atoms with E-state index in [0.717, 1.165) is 6.42 Å². The highest BCUT2D eigenvalue weighted by Crippen LogP contribution is 2.26. The molecule has 0 saturated heterocycles. The van der Waals surface area contributed by atoms with Crippen molar-refractivity contribution in [2.24, 2.45) is 0 Å². The molecule has 2 aromatic rings. The predicted octanol–water partition coefficient (Wildman–Crippen LogP) is 1.14. The average molecular weight is 282 g/mol. The maximum Gasteiger partial charge on any atom is 0.417 e. The summed E-state index contributed by atoms with van der Waals surface area (Å²) < 4.78 is 20.7. The summed E-state index contributed by atoms with van der Waals surface area (Å²) in [6.45, 7) is 2.15. The SMILES string of the molecule is COCCCOCCOc1cc2[nH]c(=O)oc2cc1N. The number of hydrogen-bond acceptors (Lipinski definition) is 6. The maximum absolute atomic E-state index is 11.1. The number of H-pyrrole nitrogens is 1. The summed E-state index contributed by atoms with van der Waals surface area (Å²) >= 11 is 0. The van der Waals surface area contributed by atoms with Gasteiger partial charge in [0.25, 0.3) is 0 Å². The van der Waals surface area contributed by atoms with Gasteiger partial charge in [0.15, 0.2) is 5.58 Å². The van der Waals surface area contributed by atoms with Gasteiger partial charge in [-0.05, 0) is 6.42 Å². The van der Waals surface area contributed by atoms with E-state index in [4.69, 9.17) is 24.4 Å². The van der Waals surface area contributed by atoms with E-state index < -0.39 is 5.76 Å². The first-order valence-electron chi connectivity index (χ1n) is 6.32. The van der Waals surface area contributed by atoms with E-state index in [1.807, 2.05) is 0 Å². The summed E-state index contributed by atoms with van der Waals surface area (Å²) in [5.41, 5.74) is 7.20. The van der Waals surface area contributed by atoms with Gasteiger partial charge in [0.05, 0.1) is 17.8 Å². The first-order valence-corrected chi connectivity index (χ1v) is 6.32. The van der Waals surface area contributed by atoms with Crippen LogP contribution in [0.3, 0.4) is 0 Å². The van der Waals surface area contributed by atoms with Crippen LogP contribution >= 0.6 is 0 Å². The molecule has 110 valence electrons. The number of aromatic nitrogens is 1. The largest absolute Gasteiger partial charge is 0.489 e. The van der Waals surface area contributed by atoms with E-state index in [2.05, 4.69) is 4.98 Å². The second-order valence-corrected chi connectivity index (χ2v) is 4.21. The highest BCUT2D eigenvalue weighted by Gasteiger charge is 2.07. The van der Waals surface area contributed by atoms with E-state index in [1.54, 1.807) is 19.2 Å². The number of ether oxygens (including phenoxy) is 3. The minimum atomic E-state index is -0.516. The van der Waals surface area contributed by atoms with Crippen molar-refractivity contribution in [1.29, 1.82) is 0 Å². The lowest BCUT2D eigenvalue weighted by atomic mass is 10.2. The molecule has 0 amide bonds. The number of aromatic amines is 1. The van der Waals surface area contributed by atoms with Crippen molar-refractivity contribution in [3.05, 3.63) is 22.7 Å². The summed E-state index contributed by atoms with van der Waals surface area (Å²) in [5.74, 6) is -0.0203. The van der Waals surface area contributed by atoms with Crippen LogP contribution in [-0.2, 0) is 9.47 Å². The van der Waals surface area contributed by atoms with Gasteiger partial charge in [0.1, 0.15) is 12.4 Å². The second-order valence-electron chi connectivity index (χ2n) is 4.21. The molecule has 0 radical (unpaired) electrons. The number of fused-ring (bicyclic) bond motifs is 1. The van der Waals surface area contributed by atoms with Crippen LogP contribution in [0.25, 0.3) is 11.1 Å². The molecule has 20 heavy (non-hydrogen) atoms. The quantitative estimate of drug-likeness (QED) is 0.556. The Hall–Kier alpha value is -1.99. The molecule has 0 atom stereocenters. The third-order valence-corrected chi connectivity index (χ3v) is 2.67. The average Bonchev–Trinajstić information content (AvgIpc) is 2.77. The van der Waals surface area contributed by atoms with Crippen LogP contribution in [0.4, 0.5) is 5.69 Å². The summed E-state index contributed by atoms with van der Waals surface area (Å²) in [7, 11) is 1.65. The van der Waals surface area contributed by atoms with Crippen LogP contribution in [0.15, 0.2) is 21.3 Å². The minimum absolute atomic E-state index is 0.380. The Bertz CT molecular complexity index is 604. The van der Waals surface area contributed by atoms with Crippen LogP contribution in [0.5, 0.6) is 5.75 Å². The molecule has 1 aromatic heterocycles. The monoisotopic (exact) mass is 282 g/mol. The number of nitrogens with one attached hydrogen (secondary N) is 1. The zero-order valence-corrected chi connectivity index (χ0v) is 11.3. The molecule has 0 saturated carbocycles. The Morgan fingerprint density at radius 2 is 2.10 bits per heavy atom. The van der Waals surface area contributed by atoms with Crippen molar-refractivity contribution in [2.75, 3.05) is 39.3 Å². The number of oxazole rings is 1.